The van der Waals surface area contributed by atoms with Gasteiger partial charge in [0.05, 0.1) is 11.3 Å². The van der Waals surface area contributed by atoms with E-state index in [0.717, 1.165) is 5.56 Å². The van der Waals surface area contributed by atoms with E-state index in [1.54, 1.807) is 54.6 Å². The first-order valence-corrected chi connectivity index (χ1v) is 7.02. The van der Waals surface area contributed by atoms with Crippen LogP contribution < -0.4 is 4.74 Å². The maximum Gasteiger partial charge on any atom is 0.435 e. The van der Waals surface area contributed by atoms with Crippen LogP contribution in [0.2, 0.25) is 0 Å². The van der Waals surface area contributed by atoms with Gasteiger partial charge in [-0.1, -0.05) is 42.5 Å². The van der Waals surface area contributed by atoms with E-state index in [2.05, 4.69) is 5.10 Å². The second-order valence-corrected chi connectivity index (χ2v) is 5.22. The Labute approximate surface area is 129 Å². The number of aromatic nitrogens is 2. The Morgan fingerprint density at radius 1 is 0.957 bits per heavy atom. The van der Waals surface area contributed by atoms with Crippen molar-refractivity contribution in [3.05, 3.63) is 65.9 Å². The summed E-state index contributed by atoms with van der Waals surface area (Å²) >= 11 is 0. The predicted octanol–water partition coefficient (Wildman–Crippen LogP) is 4.45. The second-order valence-electron chi connectivity index (χ2n) is 5.22. The molecule has 0 spiro atoms. The second kappa shape index (κ2) is 4.87. The zero-order valence-corrected chi connectivity index (χ0v) is 11.8. The van der Waals surface area contributed by atoms with Gasteiger partial charge >= 0.3 is 6.18 Å². The Bertz CT molecular complexity index is 869. The largest absolute Gasteiger partial charge is 0.472 e. The van der Waals surface area contributed by atoms with Crippen molar-refractivity contribution in [2.24, 2.45) is 0 Å². The molecule has 0 atom stereocenters. The molecule has 0 amide bonds. The average molecular weight is 316 g/mol. The lowest BCUT2D eigenvalue weighted by Gasteiger charge is -2.19. The molecule has 23 heavy (non-hydrogen) atoms. The Hall–Kier alpha value is -2.76. The summed E-state index contributed by atoms with van der Waals surface area (Å²) in [5, 5.41) is 3.80. The van der Waals surface area contributed by atoms with Gasteiger partial charge in [-0.3, -0.25) is 0 Å². The third kappa shape index (κ3) is 2.18. The lowest BCUT2D eigenvalue weighted by Crippen LogP contribution is -2.10. The van der Waals surface area contributed by atoms with Gasteiger partial charge in [0.15, 0.2) is 5.69 Å². The highest BCUT2D eigenvalue weighted by atomic mass is 19.4. The number of para-hydroxylation sites is 1. The van der Waals surface area contributed by atoms with E-state index in [-0.39, 0.29) is 18.1 Å². The molecule has 0 saturated heterocycles. The fraction of sp³-hybridized carbons (Fsp3) is 0.118. The molecule has 0 radical (unpaired) electrons. The monoisotopic (exact) mass is 316 g/mol. The molecule has 0 saturated carbocycles. The third-order valence-electron chi connectivity index (χ3n) is 3.76. The molecule has 0 unspecified atom stereocenters. The van der Waals surface area contributed by atoms with Crippen molar-refractivity contribution < 1.29 is 17.9 Å². The van der Waals surface area contributed by atoms with E-state index in [1.807, 2.05) is 0 Å². The van der Waals surface area contributed by atoms with Crippen LogP contribution in [0.15, 0.2) is 54.6 Å². The van der Waals surface area contributed by atoms with Crippen LogP contribution in [-0.2, 0) is 12.8 Å². The minimum atomic E-state index is -4.56. The number of alkyl halides is 3. The maximum absolute atomic E-state index is 13.5. The molecule has 6 heteroatoms. The average Bonchev–Trinajstić information content (AvgIpc) is 2.96. The molecule has 1 aliphatic heterocycles. The van der Waals surface area contributed by atoms with E-state index in [0.29, 0.717) is 11.3 Å². The minimum Gasteiger partial charge on any atom is -0.472 e. The van der Waals surface area contributed by atoms with Crippen LogP contribution in [0.4, 0.5) is 13.2 Å². The smallest absolute Gasteiger partial charge is 0.435 e. The van der Waals surface area contributed by atoms with E-state index in [4.69, 9.17) is 4.74 Å². The predicted molar refractivity (Wildman–Crippen MR) is 78.3 cm³/mol. The molecular formula is C17H11F3N2O. The van der Waals surface area contributed by atoms with Gasteiger partial charge in [0.25, 0.3) is 0 Å². The van der Waals surface area contributed by atoms with Gasteiger partial charge in [0.2, 0.25) is 5.88 Å². The van der Waals surface area contributed by atoms with Crippen molar-refractivity contribution in [2.75, 3.05) is 0 Å². The van der Waals surface area contributed by atoms with Gasteiger partial charge in [-0.25, -0.2) is 0 Å². The van der Waals surface area contributed by atoms with Gasteiger partial charge in [-0.15, -0.1) is 0 Å². The van der Waals surface area contributed by atoms with Crippen LogP contribution in [0, 0.1) is 0 Å². The van der Waals surface area contributed by atoms with Crippen molar-refractivity contribution >= 4 is 0 Å². The van der Waals surface area contributed by atoms with Crippen LogP contribution >= 0.6 is 0 Å². The highest BCUT2D eigenvalue weighted by Crippen LogP contribution is 2.46. The topological polar surface area (TPSA) is 27.1 Å². The number of nitrogens with zero attached hydrogens (tertiary/aromatic N) is 2. The summed E-state index contributed by atoms with van der Waals surface area (Å²) in [6, 6.07) is 15.6. The summed E-state index contributed by atoms with van der Waals surface area (Å²) in [5.74, 6) is 0.127. The molecule has 1 aliphatic rings. The summed E-state index contributed by atoms with van der Waals surface area (Å²) < 4.78 is 47.2. The number of hydrogen-bond donors (Lipinski definition) is 0. The third-order valence-corrected chi connectivity index (χ3v) is 3.76. The summed E-state index contributed by atoms with van der Waals surface area (Å²) in [4.78, 5) is 0. The van der Waals surface area contributed by atoms with Crippen molar-refractivity contribution in [2.45, 2.75) is 12.8 Å². The molecule has 1 aromatic heterocycles. The zero-order chi connectivity index (χ0) is 16.0. The zero-order valence-electron chi connectivity index (χ0n) is 11.8. The number of benzene rings is 2. The van der Waals surface area contributed by atoms with Crippen molar-refractivity contribution in [3.63, 3.8) is 0 Å². The van der Waals surface area contributed by atoms with E-state index in [9.17, 15) is 13.2 Å². The fourth-order valence-electron chi connectivity index (χ4n) is 2.76. The lowest BCUT2D eigenvalue weighted by atomic mass is 9.98. The highest BCUT2D eigenvalue weighted by molar-refractivity contribution is 5.77. The molecule has 0 aliphatic carbocycles. The fourth-order valence-corrected chi connectivity index (χ4v) is 2.76. The first kappa shape index (κ1) is 13.9. The Balaban J connectivity index is 2.02. The number of ether oxygens (including phenoxy) is 1. The van der Waals surface area contributed by atoms with E-state index in [1.165, 1.54) is 4.68 Å². The van der Waals surface area contributed by atoms with Crippen LogP contribution in [0.3, 0.4) is 0 Å². The SMILES string of the molecule is FC(F)(F)c1nn(-c2ccccc2)c2c1-c1ccccc1CO2. The molecule has 116 valence electrons. The normalized spacial score (nSPS) is 13.2. The maximum atomic E-state index is 13.5. The standard InChI is InChI=1S/C17H11F3N2O/c18-17(19,20)15-14-13-9-5-4-6-11(13)10-23-16(14)22(21-15)12-7-2-1-3-8-12/h1-9H,10H2. The van der Waals surface area contributed by atoms with Crippen LogP contribution in [-0.4, -0.2) is 9.78 Å². The van der Waals surface area contributed by atoms with Gasteiger partial charge < -0.3 is 4.74 Å². The molecule has 3 nitrogen and oxygen atoms in total. The highest BCUT2D eigenvalue weighted by Gasteiger charge is 2.42. The van der Waals surface area contributed by atoms with Gasteiger partial charge in [-0.2, -0.15) is 23.0 Å². The quantitative estimate of drug-likeness (QED) is 0.663. The van der Waals surface area contributed by atoms with Crippen molar-refractivity contribution in [3.8, 4) is 22.7 Å². The Kier molecular flexibility index (Phi) is 2.94. The lowest BCUT2D eigenvalue weighted by molar-refractivity contribution is -0.140. The summed E-state index contributed by atoms with van der Waals surface area (Å²) in [7, 11) is 0. The summed E-state index contributed by atoms with van der Waals surface area (Å²) in [6.45, 7) is 0.221. The van der Waals surface area contributed by atoms with Crippen molar-refractivity contribution in [1.82, 2.24) is 9.78 Å². The molecule has 0 N–H and O–H groups in total. The minimum absolute atomic E-state index is 0.00297. The molecule has 4 rings (SSSR count). The Morgan fingerprint density at radius 3 is 2.39 bits per heavy atom. The van der Waals surface area contributed by atoms with Gasteiger partial charge in [0, 0.05) is 0 Å². The molecule has 0 bridgehead atoms. The number of fused-ring (bicyclic) bond motifs is 3. The van der Waals surface area contributed by atoms with Gasteiger partial charge in [-0.05, 0) is 23.3 Å². The molecule has 3 aromatic rings. The molecular weight excluding hydrogens is 305 g/mol. The summed E-state index contributed by atoms with van der Waals surface area (Å²) in [5.41, 5.74) is 0.840. The number of hydrogen-bond acceptors (Lipinski definition) is 2. The molecule has 2 aromatic carbocycles. The van der Waals surface area contributed by atoms with E-state index >= 15 is 0 Å². The van der Waals surface area contributed by atoms with E-state index < -0.39 is 11.9 Å². The summed E-state index contributed by atoms with van der Waals surface area (Å²) in [6.07, 6.45) is -4.56. The van der Waals surface area contributed by atoms with Crippen LogP contribution in [0.5, 0.6) is 5.88 Å². The van der Waals surface area contributed by atoms with Crippen LogP contribution in [0.1, 0.15) is 11.3 Å². The molecule has 0 fully saturated rings. The van der Waals surface area contributed by atoms with Crippen LogP contribution in [0.25, 0.3) is 16.8 Å². The number of halogens is 3. The van der Waals surface area contributed by atoms with Gasteiger partial charge in [0.1, 0.15) is 6.61 Å². The van der Waals surface area contributed by atoms with Crippen molar-refractivity contribution in [1.29, 1.82) is 0 Å². The molecule has 2 heterocycles. The number of rotatable bonds is 1. The first-order valence-electron chi connectivity index (χ1n) is 7.02. The first-order chi connectivity index (χ1) is 11.1. The Morgan fingerprint density at radius 2 is 1.65 bits per heavy atom.